The Bertz CT molecular complexity index is 591. The van der Waals surface area contributed by atoms with Crippen LogP contribution in [0.25, 0.3) is 0 Å². The molecule has 0 saturated heterocycles. The average Bonchev–Trinajstić information content (AvgIpc) is 2.36. The molecule has 0 aliphatic heterocycles. The number of hydrogen-bond donors (Lipinski definition) is 2. The Labute approximate surface area is 116 Å². The van der Waals surface area contributed by atoms with Gasteiger partial charge in [-0.2, -0.15) is 15.0 Å². The molecule has 1 heterocycles. The minimum Gasteiger partial charge on any atom is -0.461 e. The molecule has 0 bridgehead atoms. The molecule has 0 atom stereocenters. The van der Waals surface area contributed by atoms with Crippen molar-refractivity contribution in [2.24, 2.45) is 0 Å². The van der Waals surface area contributed by atoms with E-state index in [0.29, 0.717) is 5.56 Å². The van der Waals surface area contributed by atoms with Crippen molar-refractivity contribution in [3.63, 3.8) is 0 Å². The summed E-state index contributed by atoms with van der Waals surface area (Å²) >= 11 is 0. The second kappa shape index (κ2) is 6.14. The van der Waals surface area contributed by atoms with Crippen molar-refractivity contribution in [2.75, 3.05) is 11.1 Å². The Morgan fingerprint density at radius 2 is 2.00 bits per heavy atom. The lowest BCUT2D eigenvalue weighted by atomic mass is 10.2. The molecule has 106 valence electrons. The lowest BCUT2D eigenvalue weighted by Gasteiger charge is -2.10. The van der Waals surface area contributed by atoms with E-state index < -0.39 is 0 Å². The maximum absolute atomic E-state index is 13.5. The number of nitrogen functional groups attached to an aromatic ring is 1. The van der Waals surface area contributed by atoms with Crippen LogP contribution in [0, 0.1) is 5.82 Å². The van der Waals surface area contributed by atoms with Crippen molar-refractivity contribution in [1.29, 1.82) is 0 Å². The first-order chi connectivity index (χ1) is 9.54. The number of hydrogen-bond acceptors (Lipinski definition) is 6. The fourth-order valence-corrected chi connectivity index (χ4v) is 1.53. The van der Waals surface area contributed by atoms with Crippen molar-refractivity contribution in [3.05, 3.63) is 35.6 Å². The highest BCUT2D eigenvalue weighted by molar-refractivity contribution is 5.34. The number of nitrogens with two attached hydrogens (primary N) is 1. The van der Waals surface area contributed by atoms with Gasteiger partial charge in [0, 0.05) is 12.1 Å². The summed E-state index contributed by atoms with van der Waals surface area (Å²) in [5.74, 6) is 0.00349. The van der Waals surface area contributed by atoms with Crippen molar-refractivity contribution >= 4 is 11.9 Å². The Hall–Kier alpha value is -2.44. The lowest BCUT2D eigenvalue weighted by Crippen LogP contribution is -2.13. The molecular weight excluding hydrogens is 261 g/mol. The van der Waals surface area contributed by atoms with Gasteiger partial charge in [0.1, 0.15) is 5.82 Å². The number of nitrogens with one attached hydrogen (secondary N) is 1. The maximum Gasteiger partial charge on any atom is 0.323 e. The fourth-order valence-electron chi connectivity index (χ4n) is 1.53. The maximum atomic E-state index is 13.5. The van der Waals surface area contributed by atoms with Crippen LogP contribution in [-0.4, -0.2) is 21.1 Å². The molecule has 2 aromatic rings. The van der Waals surface area contributed by atoms with E-state index in [0.717, 1.165) is 0 Å². The third kappa shape index (κ3) is 3.78. The summed E-state index contributed by atoms with van der Waals surface area (Å²) in [5.41, 5.74) is 6.09. The largest absolute Gasteiger partial charge is 0.461 e. The van der Waals surface area contributed by atoms with Crippen LogP contribution < -0.4 is 15.8 Å². The van der Waals surface area contributed by atoms with Gasteiger partial charge in [-0.3, -0.25) is 0 Å². The third-order valence-corrected chi connectivity index (χ3v) is 2.37. The summed E-state index contributed by atoms with van der Waals surface area (Å²) in [6.07, 6.45) is -0.0729. The smallest absolute Gasteiger partial charge is 0.323 e. The van der Waals surface area contributed by atoms with Crippen molar-refractivity contribution in [2.45, 2.75) is 26.5 Å². The van der Waals surface area contributed by atoms with Gasteiger partial charge in [0.15, 0.2) is 0 Å². The van der Waals surface area contributed by atoms with E-state index in [2.05, 4.69) is 20.3 Å². The van der Waals surface area contributed by atoms with E-state index in [1.165, 1.54) is 6.07 Å². The van der Waals surface area contributed by atoms with E-state index in [-0.39, 0.29) is 36.4 Å². The first-order valence-electron chi connectivity index (χ1n) is 6.20. The lowest BCUT2D eigenvalue weighted by molar-refractivity contribution is 0.222. The zero-order valence-corrected chi connectivity index (χ0v) is 11.3. The number of ether oxygens (including phenoxy) is 1. The van der Waals surface area contributed by atoms with Gasteiger partial charge in [0.25, 0.3) is 0 Å². The topological polar surface area (TPSA) is 86.0 Å². The molecule has 0 radical (unpaired) electrons. The molecule has 0 saturated carbocycles. The Morgan fingerprint density at radius 3 is 2.70 bits per heavy atom. The zero-order chi connectivity index (χ0) is 14.5. The molecule has 0 aliphatic carbocycles. The number of benzene rings is 1. The monoisotopic (exact) mass is 277 g/mol. The van der Waals surface area contributed by atoms with Gasteiger partial charge < -0.3 is 15.8 Å². The van der Waals surface area contributed by atoms with Gasteiger partial charge >= 0.3 is 6.01 Å². The molecule has 1 aromatic heterocycles. The van der Waals surface area contributed by atoms with Crippen LogP contribution >= 0.6 is 0 Å². The third-order valence-electron chi connectivity index (χ3n) is 2.37. The number of nitrogens with zero attached hydrogens (tertiary/aromatic N) is 3. The number of aromatic nitrogens is 3. The molecule has 20 heavy (non-hydrogen) atoms. The fraction of sp³-hybridized carbons (Fsp3) is 0.308. The average molecular weight is 277 g/mol. The first kappa shape index (κ1) is 14.0. The number of rotatable bonds is 5. The highest BCUT2D eigenvalue weighted by Gasteiger charge is 2.08. The van der Waals surface area contributed by atoms with E-state index in [1.54, 1.807) is 18.2 Å². The summed E-state index contributed by atoms with van der Waals surface area (Å²) in [6.45, 7) is 3.95. The van der Waals surface area contributed by atoms with Gasteiger partial charge in [-0.25, -0.2) is 4.39 Å². The molecule has 1 aromatic carbocycles. The Balaban J connectivity index is 2.09. The zero-order valence-electron chi connectivity index (χ0n) is 11.3. The van der Waals surface area contributed by atoms with Gasteiger partial charge in [0.2, 0.25) is 11.9 Å². The highest BCUT2D eigenvalue weighted by Crippen LogP contribution is 2.12. The molecular formula is C13H16FN5O. The SMILES string of the molecule is CC(C)Oc1nc(N)nc(NCc2ccccc2F)n1. The second-order valence-corrected chi connectivity index (χ2v) is 4.41. The summed E-state index contributed by atoms with van der Waals surface area (Å²) in [5, 5.41) is 2.89. The molecule has 0 spiro atoms. The van der Waals surface area contributed by atoms with Gasteiger partial charge in [-0.15, -0.1) is 0 Å². The summed E-state index contributed by atoms with van der Waals surface area (Å²) < 4.78 is 18.8. The highest BCUT2D eigenvalue weighted by atomic mass is 19.1. The number of halogens is 1. The number of anilines is 2. The van der Waals surface area contributed by atoms with E-state index in [9.17, 15) is 4.39 Å². The molecule has 2 rings (SSSR count). The first-order valence-corrected chi connectivity index (χ1v) is 6.20. The van der Waals surface area contributed by atoms with Gasteiger partial charge in [0.05, 0.1) is 6.10 Å². The minimum atomic E-state index is -0.291. The van der Waals surface area contributed by atoms with E-state index >= 15 is 0 Å². The molecule has 0 amide bonds. The van der Waals surface area contributed by atoms with Crippen LogP contribution in [0.5, 0.6) is 6.01 Å². The standard InChI is InChI=1S/C13H16FN5O/c1-8(2)20-13-18-11(15)17-12(19-13)16-7-9-5-3-4-6-10(9)14/h3-6,8H,7H2,1-2H3,(H3,15,16,17,18,19). The van der Waals surface area contributed by atoms with Crippen molar-refractivity contribution in [1.82, 2.24) is 15.0 Å². The molecule has 0 aliphatic rings. The normalized spacial score (nSPS) is 10.6. The van der Waals surface area contributed by atoms with Crippen molar-refractivity contribution < 1.29 is 9.13 Å². The quantitative estimate of drug-likeness (QED) is 0.869. The Kier molecular flexibility index (Phi) is 4.29. The predicted molar refractivity (Wildman–Crippen MR) is 73.7 cm³/mol. The molecule has 0 fully saturated rings. The van der Waals surface area contributed by atoms with Crippen LogP contribution in [0.15, 0.2) is 24.3 Å². The van der Waals surface area contributed by atoms with Gasteiger partial charge in [-0.05, 0) is 19.9 Å². The van der Waals surface area contributed by atoms with E-state index in [1.807, 2.05) is 13.8 Å². The predicted octanol–water partition coefficient (Wildman–Crippen LogP) is 1.99. The summed E-state index contributed by atoms with van der Waals surface area (Å²) in [7, 11) is 0. The molecule has 0 unspecified atom stereocenters. The van der Waals surface area contributed by atoms with Crippen LogP contribution in [0.2, 0.25) is 0 Å². The summed E-state index contributed by atoms with van der Waals surface area (Å²) in [4.78, 5) is 11.9. The van der Waals surface area contributed by atoms with Crippen LogP contribution in [-0.2, 0) is 6.54 Å². The minimum absolute atomic E-state index is 0.0479. The van der Waals surface area contributed by atoms with Crippen LogP contribution in [0.4, 0.5) is 16.3 Å². The summed E-state index contributed by atoms with van der Waals surface area (Å²) in [6, 6.07) is 6.61. The van der Waals surface area contributed by atoms with Crippen LogP contribution in [0.1, 0.15) is 19.4 Å². The second-order valence-electron chi connectivity index (χ2n) is 4.41. The van der Waals surface area contributed by atoms with Crippen molar-refractivity contribution in [3.8, 4) is 6.01 Å². The van der Waals surface area contributed by atoms with Gasteiger partial charge in [-0.1, -0.05) is 18.2 Å². The van der Waals surface area contributed by atoms with E-state index in [4.69, 9.17) is 10.5 Å². The van der Waals surface area contributed by atoms with Crippen LogP contribution in [0.3, 0.4) is 0 Å². The molecule has 7 heteroatoms. The Morgan fingerprint density at radius 1 is 1.25 bits per heavy atom. The molecule has 3 N–H and O–H groups in total. The molecule has 6 nitrogen and oxygen atoms in total.